The maximum Gasteiger partial charge on any atom is 0.407 e. The number of alkyl carbamates (subject to hydrolysis) is 1. The molecule has 0 aromatic heterocycles. The van der Waals surface area contributed by atoms with Gasteiger partial charge in [0.15, 0.2) is 0 Å². The van der Waals surface area contributed by atoms with Crippen LogP contribution in [-0.2, 0) is 14.3 Å². The first-order chi connectivity index (χ1) is 12.7. The minimum Gasteiger partial charge on any atom is -0.457 e. The van der Waals surface area contributed by atoms with Crippen molar-refractivity contribution in [2.75, 3.05) is 6.54 Å². The molecule has 1 N–H and O–H groups in total. The van der Waals surface area contributed by atoms with Gasteiger partial charge in [0.2, 0.25) is 0 Å². The average Bonchev–Trinajstić information content (AvgIpc) is 2.53. The maximum atomic E-state index is 12.4. The normalized spacial score (nSPS) is 15.9. The van der Waals surface area contributed by atoms with Gasteiger partial charge in [-0.25, -0.2) is 4.79 Å². The van der Waals surface area contributed by atoms with Gasteiger partial charge in [-0.15, -0.1) is 0 Å². The van der Waals surface area contributed by atoms with Crippen molar-refractivity contribution in [2.24, 2.45) is 11.3 Å². The Bertz CT molecular complexity index is 621. The largest absolute Gasteiger partial charge is 0.457 e. The van der Waals surface area contributed by atoms with Gasteiger partial charge in [0.1, 0.15) is 11.7 Å². The lowest BCUT2D eigenvalue weighted by Gasteiger charge is -2.27. The highest BCUT2D eigenvalue weighted by Gasteiger charge is 2.29. The summed E-state index contributed by atoms with van der Waals surface area (Å²) in [7, 11) is 0. The molecule has 28 heavy (non-hydrogen) atoms. The second-order valence-electron chi connectivity index (χ2n) is 9.03. The SMILES string of the molecule is C/C(=C\C=C(/C)[C@@H](OC(=O)C(C)(C)C)[C@@H](C)/C=C/I)CNC(=O)OC(C)(C)C. The Kier molecular flexibility index (Phi) is 11.1. The van der Waals surface area contributed by atoms with Crippen LogP contribution in [0.4, 0.5) is 4.79 Å². The number of carbonyl (C=O) groups excluding carboxylic acids is 2. The predicted octanol–water partition coefficient (Wildman–Crippen LogP) is 5.95. The van der Waals surface area contributed by atoms with Crippen molar-refractivity contribution >= 4 is 34.7 Å². The monoisotopic (exact) mass is 505 g/mol. The first kappa shape index (κ1) is 26.7. The van der Waals surface area contributed by atoms with Gasteiger partial charge in [-0.2, -0.15) is 0 Å². The number of amides is 1. The minimum absolute atomic E-state index is 0.0491. The zero-order chi connectivity index (χ0) is 22.1. The van der Waals surface area contributed by atoms with Crippen molar-refractivity contribution in [3.05, 3.63) is 33.5 Å². The van der Waals surface area contributed by atoms with Gasteiger partial charge in [-0.05, 0) is 65.0 Å². The van der Waals surface area contributed by atoms with E-state index in [2.05, 4.69) is 27.9 Å². The molecule has 0 bridgehead atoms. The first-order valence-electron chi connectivity index (χ1n) is 9.46. The average molecular weight is 505 g/mol. The van der Waals surface area contributed by atoms with Crippen LogP contribution in [0.5, 0.6) is 0 Å². The number of esters is 1. The number of hydrogen-bond acceptors (Lipinski definition) is 4. The molecule has 0 aliphatic carbocycles. The zero-order valence-electron chi connectivity index (χ0n) is 18.7. The van der Waals surface area contributed by atoms with Crippen molar-refractivity contribution in [3.63, 3.8) is 0 Å². The Labute approximate surface area is 184 Å². The number of hydrogen-bond donors (Lipinski definition) is 1. The van der Waals surface area contributed by atoms with E-state index in [0.717, 1.165) is 11.1 Å². The molecule has 1 amide bonds. The van der Waals surface area contributed by atoms with Crippen LogP contribution < -0.4 is 5.32 Å². The van der Waals surface area contributed by atoms with Crippen LogP contribution in [-0.4, -0.2) is 30.3 Å². The molecule has 0 aromatic carbocycles. The summed E-state index contributed by atoms with van der Waals surface area (Å²) >= 11 is 2.16. The number of halogens is 1. The molecule has 0 unspecified atom stereocenters. The van der Waals surface area contributed by atoms with Gasteiger partial charge in [0, 0.05) is 12.5 Å². The standard InChI is InChI=1S/C22H36INO4/c1-15(14-24-20(26)28-22(7,8)9)10-11-16(2)18(17(3)12-13-23)27-19(25)21(4,5)6/h10-13,17-18H,14H2,1-9H3,(H,24,26)/b13-12+,15-10+,16-11+/t17-,18+/m0/s1. The van der Waals surface area contributed by atoms with Crippen molar-refractivity contribution < 1.29 is 19.1 Å². The number of ether oxygens (including phenoxy) is 2. The Morgan fingerprint density at radius 2 is 1.64 bits per heavy atom. The molecule has 6 heteroatoms. The van der Waals surface area contributed by atoms with E-state index in [9.17, 15) is 9.59 Å². The zero-order valence-corrected chi connectivity index (χ0v) is 20.8. The Hall–Kier alpha value is -1.31. The molecule has 0 rings (SSSR count). The van der Waals surface area contributed by atoms with E-state index in [0.29, 0.717) is 6.54 Å². The summed E-state index contributed by atoms with van der Waals surface area (Å²) in [4.78, 5) is 24.1. The van der Waals surface area contributed by atoms with Crippen LogP contribution in [0, 0.1) is 11.3 Å². The molecule has 0 heterocycles. The number of nitrogens with one attached hydrogen (secondary N) is 1. The summed E-state index contributed by atoms with van der Waals surface area (Å²) in [6, 6.07) is 0. The fourth-order valence-corrected chi connectivity index (χ4v) is 2.73. The summed E-state index contributed by atoms with van der Waals surface area (Å²) in [5.41, 5.74) is 0.819. The number of rotatable bonds is 7. The van der Waals surface area contributed by atoms with E-state index in [1.807, 2.05) is 84.6 Å². The molecule has 0 saturated carbocycles. The second kappa shape index (κ2) is 11.6. The van der Waals surface area contributed by atoms with Crippen molar-refractivity contribution in [3.8, 4) is 0 Å². The number of allylic oxidation sites excluding steroid dienone is 2. The van der Waals surface area contributed by atoms with E-state index in [4.69, 9.17) is 9.47 Å². The Morgan fingerprint density at radius 3 is 2.11 bits per heavy atom. The van der Waals surface area contributed by atoms with Crippen LogP contribution in [0.25, 0.3) is 0 Å². The molecular weight excluding hydrogens is 469 g/mol. The molecule has 0 aromatic rings. The van der Waals surface area contributed by atoms with E-state index in [-0.39, 0.29) is 18.0 Å². The van der Waals surface area contributed by atoms with E-state index in [1.54, 1.807) is 0 Å². The highest BCUT2D eigenvalue weighted by Crippen LogP contribution is 2.24. The smallest absolute Gasteiger partial charge is 0.407 e. The van der Waals surface area contributed by atoms with Crippen LogP contribution in [0.2, 0.25) is 0 Å². The summed E-state index contributed by atoms with van der Waals surface area (Å²) in [5, 5.41) is 2.73. The summed E-state index contributed by atoms with van der Waals surface area (Å²) in [6.07, 6.45) is 5.08. The molecule has 0 spiro atoms. The lowest BCUT2D eigenvalue weighted by molar-refractivity contribution is -0.158. The highest BCUT2D eigenvalue weighted by molar-refractivity contribution is 14.1. The van der Waals surface area contributed by atoms with E-state index in [1.165, 1.54) is 0 Å². The van der Waals surface area contributed by atoms with Gasteiger partial charge in [-0.1, -0.05) is 53.3 Å². The van der Waals surface area contributed by atoms with Crippen LogP contribution in [0.1, 0.15) is 62.3 Å². The summed E-state index contributed by atoms with van der Waals surface area (Å²) in [6.45, 7) is 17.3. The highest BCUT2D eigenvalue weighted by atomic mass is 127. The molecule has 0 saturated heterocycles. The third kappa shape index (κ3) is 11.5. The van der Waals surface area contributed by atoms with E-state index < -0.39 is 17.1 Å². The van der Waals surface area contributed by atoms with Crippen molar-refractivity contribution in [2.45, 2.75) is 74.0 Å². The quantitative estimate of drug-likeness (QED) is 0.264. The second-order valence-corrected chi connectivity index (χ2v) is 9.75. The number of carbonyl (C=O) groups is 2. The molecule has 2 atom stereocenters. The first-order valence-corrected chi connectivity index (χ1v) is 10.7. The lowest BCUT2D eigenvalue weighted by atomic mass is 9.94. The molecule has 0 radical (unpaired) electrons. The topological polar surface area (TPSA) is 64.6 Å². The van der Waals surface area contributed by atoms with Gasteiger partial charge in [0.25, 0.3) is 0 Å². The lowest BCUT2D eigenvalue weighted by Crippen LogP contribution is -2.33. The molecular formula is C22H36INO4. The molecule has 0 fully saturated rings. The third-order valence-corrected chi connectivity index (χ3v) is 4.11. The fraction of sp³-hybridized carbons (Fsp3) is 0.636. The molecule has 0 aliphatic heterocycles. The predicted molar refractivity (Wildman–Crippen MR) is 123 cm³/mol. The van der Waals surface area contributed by atoms with Gasteiger partial charge in [-0.3, -0.25) is 4.79 Å². The minimum atomic E-state index is -0.560. The maximum absolute atomic E-state index is 12.4. The van der Waals surface area contributed by atoms with Crippen LogP contribution in [0.15, 0.2) is 33.5 Å². The van der Waals surface area contributed by atoms with E-state index >= 15 is 0 Å². The Morgan fingerprint density at radius 1 is 1.07 bits per heavy atom. The molecule has 5 nitrogen and oxygen atoms in total. The Balaban J connectivity index is 5.16. The van der Waals surface area contributed by atoms with Gasteiger partial charge >= 0.3 is 12.1 Å². The fourth-order valence-electron chi connectivity index (χ4n) is 2.08. The van der Waals surface area contributed by atoms with Crippen molar-refractivity contribution in [1.29, 1.82) is 0 Å². The summed E-state index contributed by atoms with van der Waals surface area (Å²) < 4.78 is 13.0. The van der Waals surface area contributed by atoms with Gasteiger partial charge in [0.05, 0.1) is 5.41 Å². The summed E-state index contributed by atoms with van der Waals surface area (Å²) in [5.74, 6) is -0.181. The molecule has 160 valence electrons. The van der Waals surface area contributed by atoms with Crippen molar-refractivity contribution in [1.82, 2.24) is 5.32 Å². The third-order valence-electron chi connectivity index (χ3n) is 3.69. The van der Waals surface area contributed by atoms with Crippen LogP contribution >= 0.6 is 22.6 Å². The molecule has 0 aliphatic rings. The van der Waals surface area contributed by atoms with Crippen LogP contribution in [0.3, 0.4) is 0 Å². The van der Waals surface area contributed by atoms with Gasteiger partial charge < -0.3 is 14.8 Å².